The van der Waals surface area contributed by atoms with Crippen molar-refractivity contribution in [3.63, 3.8) is 0 Å². The highest BCUT2D eigenvalue weighted by molar-refractivity contribution is 7.55. The van der Waals surface area contributed by atoms with Gasteiger partial charge < -0.3 is 19.1 Å². The highest BCUT2D eigenvalue weighted by Crippen LogP contribution is 2.62. The molecule has 214 valence electrons. The van der Waals surface area contributed by atoms with Crippen molar-refractivity contribution >= 4 is 52.5 Å². The molecule has 9 heteroatoms. The van der Waals surface area contributed by atoms with Gasteiger partial charge in [-0.15, -0.1) is 0 Å². The molecule has 5 rings (SSSR count). The minimum absolute atomic E-state index is 0.0792. The second kappa shape index (κ2) is 13.0. The molecule has 0 heterocycles. The van der Waals surface area contributed by atoms with Crippen molar-refractivity contribution in [1.82, 2.24) is 0 Å². The minimum atomic E-state index is -4.02. The van der Waals surface area contributed by atoms with Crippen LogP contribution in [0.3, 0.4) is 0 Å². The third-order valence-corrected chi connectivity index (χ3v) is 9.01. The van der Waals surface area contributed by atoms with Crippen LogP contribution in [0.25, 0.3) is 21.5 Å². The summed E-state index contributed by atoms with van der Waals surface area (Å²) in [6, 6.07) is 32.8. The summed E-state index contributed by atoms with van der Waals surface area (Å²) in [7, 11) is -4.02. The van der Waals surface area contributed by atoms with Crippen molar-refractivity contribution in [3.8, 4) is 5.75 Å². The van der Waals surface area contributed by atoms with Crippen LogP contribution in [0.4, 0.5) is 16.2 Å². The Morgan fingerprint density at radius 3 is 2.00 bits per heavy atom. The van der Waals surface area contributed by atoms with Crippen LogP contribution in [-0.2, 0) is 18.4 Å². The van der Waals surface area contributed by atoms with E-state index in [1.807, 2.05) is 60.7 Å². The lowest BCUT2D eigenvalue weighted by Gasteiger charge is -2.27. The standard InChI is InChI=1S/C33H31N2O6P/c1-3-39-42(38,40-4-2)31(28-20-12-16-23-13-10-11-19-27(23)28)32(36)35-29-21-24-14-8-9-15-25(24)22-30(29)41-33(37)34-26-17-6-5-7-18-26/h5-22,31H,3-4H2,1-2H3,(H,34,37)(H,35,36). The van der Waals surface area contributed by atoms with Crippen LogP contribution in [0.2, 0.25) is 0 Å². The Hall–Kier alpha value is -4.49. The van der Waals surface area contributed by atoms with Crippen LogP contribution >= 0.6 is 7.60 Å². The SMILES string of the molecule is CCOP(=O)(OCC)C(C(=O)Nc1cc2ccccc2cc1OC(=O)Nc1ccccc1)c1cccc2ccccc12. The number of carbonyl (C=O) groups excluding carboxylic acids is 2. The van der Waals surface area contributed by atoms with E-state index in [1.165, 1.54) is 0 Å². The molecule has 8 nitrogen and oxygen atoms in total. The fourth-order valence-electron chi connectivity index (χ4n) is 4.86. The summed E-state index contributed by atoms with van der Waals surface area (Å²) in [6.07, 6.45) is -0.730. The van der Waals surface area contributed by atoms with Crippen molar-refractivity contribution in [2.45, 2.75) is 19.5 Å². The van der Waals surface area contributed by atoms with E-state index in [-0.39, 0.29) is 24.7 Å². The number of hydrogen-bond acceptors (Lipinski definition) is 6. The minimum Gasteiger partial charge on any atom is -0.408 e. The fraction of sp³-hybridized carbons (Fsp3) is 0.152. The first-order valence-electron chi connectivity index (χ1n) is 13.7. The number of rotatable bonds is 10. The average molecular weight is 583 g/mol. The van der Waals surface area contributed by atoms with Gasteiger partial charge in [-0.2, -0.15) is 0 Å². The van der Waals surface area contributed by atoms with E-state index in [9.17, 15) is 14.2 Å². The Morgan fingerprint density at radius 1 is 0.714 bits per heavy atom. The molecule has 0 aromatic heterocycles. The number of nitrogens with one attached hydrogen (secondary N) is 2. The molecule has 0 aliphatic heterocycles. The van der Waals surface area contributed by atoms with Crippen LogP contribution in [0.5, 0.6) is 5.75 Å². The van der Waals surface area contributed by atoms with Gasteiger partial charge >= 0.3 is 13.7 Å². The Balaban J connectivity index is 1.57. The summed E-state index contributed by atoms with van der Waals surface area (Å²) in [6.45, 7) is 3.56. The largest absolute Gasteiger partial charge is 0.417 e. The zero-order valence-corrected chi connectivity index (χ0v) is 24.2. The van der Waals surface area contributed by atoms with Crippen molar-refractivity contribution in [3.05, 3.63) is 115 Å². The summed E-state index contributed by atoms with van der Waals surface area (Å²) in [5.74, 6) is -0.505. The van der Waals surface area contributed by atoms with Gasteiger partial charge in [-0.25, -0.2) is 4.79 Å². The first kappa shape index (κ1) is 29.0. The number of ether oxygens (including phenoxy) is 1. The predicted octanol–water partition coefficient (Wildman–Crippen LogP) is 8.55. The molecule has 0 radical (unpaired) electrons. The number of anilines is 2. The van der Waals surface area contributed by atoms with E-state index in [0.717, 1.165) is 21.5 Å². The molecule has 2 N–H and O–H groups in total. The molecule has 0 aliphatic rings. The molecular formula is C33H31N2O6P. The molecule has 0 fully saturated rings. The third kappa shape index (κ3) is 6.37. The van der Waals surface area contributed by atoms with Crippen molar-refractivity contribution < 1.29 is 27.9 Å². The zero-order chi connectivity index (χ0) is 29.5. The molecule has 2 amide bonds. The predicted molar refractivity (Wildman–Crippen MR) is 166 cm³/mol. The van der Waals surface area contributed by atoms with E-state index >= 15 is 0 Å². The van der Waals surface area contributed by atoms with E-state index in [2.05, 4.69) is 10.6 Å². The summed E-state index contributed by atoms with van der Waals surface area (Å²) in [5, 5.41) is 8.80. The molecule has 42 heavy (non-hydrogen) atoms. The van der Waals surface area contributed by atoms with Crippen molar-refractivity contribution in [2.75, 3.05) is 23.8 Å². The van der Waals surface area contributed by atoms with Gasteiger partial charge in [0.2, 0.25) is 5.91 Å². The Bertz CT molecular complexity index is 1760. The van der Waals surface area contributed by atoms with Crippen LogP contribution < -0.4 is 15.4 Å². The number of amides is 2. The van der Waals surface area contributed by atoms with Gasteiger partial charge in [-0.05, 0) is 65.2 Å². The first-order valence-corrected chi connectivity index (χ1v) is 15.3. The van der Waals surface area contributed by atoms with Gasteiger partial charge in [0.1, 0.15) is 0 Å². The van der Waals surface area contributed by atoms with Gasteiger partial charge in [-0.1, -0.05) is 84.9 Å². The molecule has 0 bridgehead atoms. The van der Waals surface area contributed by atoms with Crippen LogP contribution in [-0.4, -0.2) is 25.2 Å². The van der Waals surface area contributed by atoms with Gasteiger partial charge in [0.25, 0.3) is 0 Å². The Morgan fingerprint density at radius 2 is 1.31 bits per heavy atom. The fourth-order valence-corrected chi connectivity index (χ4v) is 6.87. The third-order valence-electron chi connectivity index (χ3n) is 6.63. The number of benzene rings is 5. The van der Waals surface area contributed by atoms with Crippen LogP contribution in [0, 0.1) is 0 Å². The zero-order valence-electron chi connectivity index (χ0n) is 23.3. The van der Waals surface area contributed by atoms with Crippen molar-refractivity contribution in [2.24, 2.45) is 0 Å². The average Bonchev–Trinajstić information content (AvgIpc) is 2.98. The quantitative estimate of drug-likeness (QED) is 0.160. The molecule has 0 aliphatic carbocycles. The maximum absolute atomic E-state index is 14.3. The number of carbonyl (C=O) groups is 2. The summed E-state index contributed by atoms with van der Waals surface area (Å²) >= 11 is 0. The monoisotopic (exact) mass is 582 g/mol. The van der Waals surface area contributed by atoms with E-state index < -0.39 is 25.3 Å². The lowest BCUT2D eigenvalue weighted by atomic mass is 10.0. The topological polar surface area (TPSA) is 103 Å². The van der Waals surface area contributed by atoms with Gasteiger partial charge in [-0.3, -0.25) is 14.7 Å². The maximum atomic E-state index is 14.3. The summed E-state index contributed by atoms with van der Waals surface area (Å²) < 4.78 is 31.4. The Kier molecular flexibility index (Phi) is 8.98. The van der Waals surface area contributed by atoms with Gasteiger partial charge in [0.15, 0.2) is 11.4 Å². The number of hydrogen-bond donors (Lipinski definition) is 2. The maximum Gasteiger partial charge on any atom is 0.417 e. The highest BCUT2D eigenvalue weighted by atomic mass is 31.2. The molecular weight excluding hydrogens is 551 g/mol. The molecule has 5 aromatic carbocycles. The van der Waals surface area contributed by atoms with Crippen LogP contribution in [0.15, 0.2) is 109 Å². The molecule has 0 saturated heterocycles. The van der Waals surface area contributed by atoms with E-state index in [1.54, 1.807) is 62.4 Å². The molecule has 5 aromatic rings. The second-order valence-corrected chi connectivity index (χ2v) is 11.5. The lowest BCUT2D eigenvalue weighted by molar-refractivity contribution is -0.116. The molecule has 0 spiro atoms. The number of fused-ring (bicyclic) bond motifs is 2. The van der Waals surface area contributed by atoms with E-state index in [4.69, 9.17) is 13.8 Å². The summed E-state index contributed by atoms with van der Waals surface area (Å²) in [4.78, 5) is 27.1. The summed E-state index contributed by atoms with van der Waals surface area (Å²) in [5.41, 5.74) is -0.0205. The smallest absolute Gasteiger partial charge is 0.408 e. The highest BCUT2D eigenvalue weighted by Gasteiger charge is 2.43. The Labute approximate surface area is 244 Å². The molecule has 1 atom stereocenters. The second-order valence-electron chi connectivity index (χ2n) is 9.41. The van der Waals surface area contributed by atoms with Gasteiger partial charge in [0, 0.05) is 5.69 Å². The molecule has 0 saturated carbocycles. The van der Waals surface area contributed by atoms with Crippen molar-refractivity contribution in [1.29, 1.82) is 0 Å². The number of para-hydroxylation sites is 1. The van der Waals surface area contributed by atoms with E-state index in [0.29, 0.717) is 11.3 Å². The lowest BCUT2D eigenvalue weighted by Crippen LogP contribution is -2.24. The van der Waals surface area contributed by atoms with Crippen LogP contribution in [0.1, 0.15) is 25.1 Å². The van der Waals surface area contributed by atoms with Gasteiger partial charge in [0.05, 0.1) is 18.9 Å². The first-order chi connectivity index (χ1) is 20.4. The normalized spacial score (nSPS) is 12.1. The molecule has 1 unspecified atom stereocenters.